The van der Waals surface area contributed by atoms with Crippen molar-refractivity contribution < 1.29 is 13.2 Å². The average molecular weight is 326 g/mol. The van der Waals surface area contributed by atoms with Gasteiger partial charge in [-0.1, -0.05) is 0 Å². The standard InChI is InChI=1S/C14H22N4O3S/c1-10-15-11(2)18(16-10)13-4-3-6-17(8-13)14(19)12-5-7-22(20,21)9-12/h12-13H,3-9H2,1-2H3/t12-,13+/m0/s1. The number of carbonyl (C=O) groups is 1. The molecular formula is C14H22N4O3S. The average Bonchev–Trinajstić information content (AvgIpc) is 3.00. The molecule has 2 fully saturated rings. The maximum Gasteiger partial charge on any atom is 0.226 e. The van der Waals surface area contributed by atoms with E-state index >= 15 is 0 Å². The maximum absolute atomic E-state index is 12.6. The van der Waals surface area contributed by atoms with Crippen molar-refractivity contribution in [3.8, 4) is 0 Å². The largest absolute Gasteiger partial charge is 0.340 e. The SMILES string of the molecule is Cc1nc(C)n([C@@H]2CCCN(C(=O)[C@H]3CCS(=O)(=O)C3)C2)n1. The third-order valence-electron chi connectivity index (χ3n) is 4.54. The first-order valence-electron chi connectivity index (χ1n) is 7.75. The van der Waals surface area contributed by atoms with Gasteiger partial charge in [0.1, 0.15) is 11.6 Å². The van der Waals surface area contributed by atoms with Crippen molar-refractivity contribution in [1.29, 1.82) is 0 Å². The van der Waals surface area contributed by atoms with Gasteiger partial charge in [0.05, 0.1) is 23.5 Å². The highest BCUT2D eigenvalue weighted by Gasteiger charge is 2.37. The van der Waals surface area contributed by atoms with Crippen molar-refractivity contribution in [3.63, 3.8) is 0 Å². The van der Waals surface area contributed by atoms with Crippen LogP contribution in [0.2, 0.25) is 0 Å². The highest BCUT2D eigenvalue weighted by atomic mass is 32.2. The first kappa shape index (κ1) is 15.5. The zero-order valence-corrected chi connectivity index (χ0v) is 13.8. The summed E-state index contributed by atoms with van der Waals surface area (Å²) in [6, 6.07) is 0.136. The Morgan fingerprint density at radius 3 is 2.64 bits per heavy atom. The van der Waals surface area contributed by atoms with Crippen LogP contribution in [0.1, 0.15) is 37.0 Å². The van der Waals surface area contributed by atoms with E-state index in [1.165, 1.54) is 0 Å². The quantitative estimate of drug-likeness (QED) is 0.790. The van der Waals surface area contributed by atoms with E-state index in [-0.39, 0.29) is 29.4 Å². The number of piperidine rings is 1. The van der Waals surface area contributed by atoms with Crippen LogP contribution in [0.3, 0.4) is 0 Å². The summed E-state index contributed by atoms with van der Waals surface area (Å²) in [5, 5.41) is 4.42. The number of likely N-dealkylation sites (tertiary alicyclic amines) is 1. The van der Waals surface area contributed by atoms with Gasteiger partial charge in [-0.2, -0.15) is 5.10 Å². The molecule has 2 aliphatic rings. The molecule has 0 bridgehead atoms. The number of nitrogens with zero attached hydrogens (tertiary/aromatic N) is 4. The first-order chi connectivity index (χ1) is 10.4. The molecule has 8 heteroatoms. The minimum atomic E-state index is -3.02. The van der Waals surface area contributed by atoms with Crippen molar-refractivity contribution in [3.05, 3.63) is 11.6 Å². The van der Waals surface area contributed by atoms with Crippen LogP contribution in [0, 0.1) is 19.8 Å². The van der Waals surface area contributed by atoms with Gasteiger partial charge in [-0.05, 0) is 33.1 Å². The summed E-state index contributed by atoms with van der Waals surface area (Å²) in [5.74, 6) is 1.38. The lowest BCUT2D eigenvalue weighted by Crippen LogP contribution is -2.44. The Bertz CT molecular complexity index is 682. The molecule has 2 aliphatic heterocycles. The van der Waals surface area contributed by atoms with Gasteiger partial charge in [0.2, 0.25) is 5.91 Å². The second-order valence-corrected chi connectivity index (χ2v) is 8.56. The number of aromatic nitrogens is 3. The molecule has 0 saturated carbocycles. The van der Waals surface area contributed by atoms with Crippen molar-refractivity contribution in [2.24, 2.45) is 5.92 Å². The Morgan fingerprint density at radius 2 is 2.05 bits per heavy atom. The molecule has 1 aromatic rings. The van der Waals surface area contributed by atoms with Crippen molar-refractivity contribution in [1.82, 2.24) is 19.7 Å². The molecule has 0 N–H and O–H groups in total. The molecule has 122 valence electrons. The number of hydrogen-bond donors (Lipinski definition) is 0. The van der Waals surface area contributed by atoms with Crippen LogP contribution in [0.15, 0.2) is 0 Å². The molecule has 3 heterocycles. The summed E-state index contributed by atoms with van der Waals surface area (Å²) in [6.45, 7) is 5.08. The summed E-state index contributed by atoms with van der Waals surface area (Å²) in [4.78, 5) is 18.7. The second-order valence-electron chi connectivity index (χ2n) is 6.33. The molecular weight excluding hydrogens is 304 g/mol. The summed E-state index contributed by atoms with van der Waals surface area (Å²) in [6.07, 6.45) is 2.34. The molecule has 0 radical (unpaired) electrons. The maximum atomic E-state index is 12.6. The molecule has 0 aliphatic carbocycles. The lowest BCUT2D eigenvalue weighted by molar-refractivity contribution is -0.136. The number of rotatable bonds is 2. The molecule has 1 aromatic heterocycles. The molecule has 2 saturated heterocycles. The van der Waals surface area contributed by atoms with E-state index in [9.17, 15) is 13.2 Å². The monoisotopic (exact) mass is 326 g/mol. The zero-order valence-electron chi connectivity index (χ0n) is 13.0. The highest BCUT2D eigenvalue weighted by molar-refractivity contribution is 7.91. The van der Waals surface area contributed by atoms with Crippen molar-refractivity contribution >= 4 is 15.7 Å². The molecule has 0 unspecified atom stereocenters. The van der Waals surface area contributed by atoms with Crippen LogP contribution in [-0.4, -0.2) is 58.6 Å². The van der Waals surface area contributed by atoms with Gasteiger partial charge in [0.25, 0.3) is 0 Å². The van der Waals surface area contributed by atoms with E-state index in [1.807, 2.05) is 23.4 Å². The van der Waals surface area contributed by atoms with Gasteiger partial charge in [-0.25, -0.2) is 18.1 Å². The zero-order chi connectivity index (χ0) is 15.9. The van der Waals surface area contributed by atoms with E-state index in [4.69, 9.17) is 0 Å². The Kier molecular flexibility index (Phi) is 3.96. The third kappa shape index (κ3) is 3.02. The van der Waals surface area contributed by atoms with E-state index in [0.29, 0.717) is 19.5 Å². The van der Waals surface area contributed by atoms with E-state index in [0.717, 1.165) is 24.5 Å². The summed E-state index contributed by atoms with van der Waals surface area (Å²) in [5.41, 5.74) is 0. The van der Waals surface area contributed by atoms with Crippen molar-refractivity contribution in [2.75, 3.05) is 24.6 Å². The number of carbonyl (C=O) groups excluding carboxylic acids is 1. The predicted octanol–water partition coefficient (Wildman–Crippen LogP) is 0.493. The lowest BCUT2D eigenvalue weighted by atomic mass is 10.0. The molecule has 2 atom stereocenters. The molecule has 0 aromatic carbocycles. The van der Waals surface area contributed by atoms with Gasteiger partial charge < -0.3 is 4.90 Å². The van der Waals surface area contributed by atoms with Crippen molar-refractivity contribution in [2.45, 2.75) is 39.2 Å². The summed E-state index contributed by atoms with van der Waals surface area (Å²) >= 11 is 0. The van der Waals surface area contributed by atoms with Crippen LogP contribution < -0.4 is 0 Å². The number of sulfone groups is 1. The van der Waals surface area contributed by atoms with Crippen LogP contribution in [-0.2, 0) is 14.6 Å². The van der Waals surface area contributed by atoms with Gasteiger partial charge in [0.15, 0.2) is 9.84 Å². The molecule has 0 spiro atoms. The van der Waals surface area contributed by atoms with Crippen LogP contribution in [0.4, 0.5) is 0 Å². The van der Waals surface area contributed by atoms with Gasteiger partial charge >= 0.3 is 0 Å². The number of aryl methyl sites for hydroxylation is 2. The fourth-order valence-corrected chi connectivity index (χ4v) is 5.22. The minimum absolute atomic E-state index is 0.00839. The smallest absolute Gasteiger partial charge is 0.226 e. The van der Waals surface area contributed by atoms with Gasteiger partial charge in [-0.3, -0.25) is 4.79 Å². The molecule has 1 amide bonds. The number of amides is 1. The van der Waals surface area contributed by atoms with Gasteiger partial charge in [-0.15, -0.1) is 0 Å². The van der Waals surface area contributed by atoms with E-state index in [2.05, 4.69) is 10.1 Å². The fraction of sp³-hybridized carbons (Fsp3) is 0.786. The highest BCUT2D eigenvalue weighted by Crippen LogP contribution is 2.26. The fourth-order valence-electron chi connectivity index (χ4n) is 3.48. The Hall–Kier alpha value is -1.44. The van der Waals surface area contributed by atoms with Crippen LogP contribution in [0.25, 0.3) is 0 Å². The minimum Gasteiger partial charge on any atom is -0.340 e. The van der Waals surface area contributed by atoms with Crippen LogP contribution in [0.5, 0.6) is 0 Å². The third-order valence-corrected chi connectivity index (χ3v) is 6.31. The Labute approximate surface area is 130 Å². The normalized spacial score (nSPS) is 28.0. The molecule has 7 nitrogen and oxygen atoms in total. The predicted molar refractivity (Wildman–Crippen MR) is 81.1 cm³/mol. The van der Waals surface area contributed by atoms with E-state index in [1.54, 1.807) is 0 Å². The van der Waals surface area contributed by atoms with E-state index < -0.39 is 9.84 Å². The van der Waals surface area contributed by atoms with Crippen LogP contribution >= 0.6 is 0 Å². The van der Waals surface area contributed by atoms with Gasteiger partial charge in [0, 0.05) is 13.1 Å². The Balaban J connectivity index is 1.71. The second kappa shape index (κ2) is 5.64. The Morgan fingerprint density at radius 1 is 1.27 bits per heavy atom. The molecule has 3 rings (SSSR count). The first-order valence-corrected chi connectivity index (χ1v) is 9.57. The number of hydrogen-bond acceptors (Lipinski definition) is 5. The summed E-state index contributed by atoms with van der Waals surface area (Å²) < 4.78 is 25.0. The lowest BCUT2D eigenvalue weighted by Gasteiger charge is -2.34. The molecule has 22 heavy (non-hydrogen) atoms. The summed E-state index contributed by atoms with van der Waals surface area (Å²) in [7, 11) is -3.02. The topological polar surface area (TPSA) is 85.2 Å².